The van der Waals surface area contributed by atoms with E-state index in [1.54, 1.807) is 7.11 Å². The molecule has 2 rings (SSSR count). The Labute approximate surface area is 107 Å². The minimum absolute atomic E-state index is 0.235. The monoisotopic (exact) mass is 267 g/mol. The van der Waals surface area contributed by atoms with Crippen LogP contribution >= 0.6 is 11.3 Å². The minimum Gasteiger partial charge on any atom is -0.377 e. The standard InChI is InChI=1S/C11H10FN3O2S/c1-17-6-9-14-15-11(18-9)13-10(16)7-3-2-4-8(12)5-7/h2-5H,6H2,1H3,(H,13,15,16). The number of carbonyl (C=O) groups excluding carboxylic acids is 1. The van der Waals surface area contributed by atoms with E-state index in [9.17, 15) is 9.18 Å². The molecule has 5 nitrogen and oxygen atoms in total. The third kappa shape index (κ3) is 3.08. The lowest BCUT2D eigenvalue weighted by atomic mass is 10.2. The number of hydrogen-bond acceptors (Lipinski definition) is 5. The second-order valence-electron chi connectivity index (χ2n) is 3.40. The molecule has 0 radical (unpaired) electrons. The number of aromatic nitrogens is 2. The molecule has 0 unspecified atom stereocenters. The van der Waals surface area contributed by atoms with Crippen molar-refractivity contribution in [2.45, 2.75) is 6.61 Å². The van der Waals surface area contributed by atoms with Gasteiger partial charge in [0.25, 0.3) is 5.91 Å². The van der Waals surface area contributed by atoms with Crippen LogP contribution in [0.4, 0.5) is 9.52 Å². The fraction of sp³-hybridized carbons (Fsp3) is 0.182. The topological polar surface area (TPSA) is 64.1 Å². The van der Waals surface area contributed by atoms with E-state index in [1.807, 2.05) is 0 Å². The third-order valence-electron chi connectivity index (χ3n) is 2.04. The van der Waals surface area contributed by atoms with Crippen molar-refractivity contribution >= 4 is 22.4 Å². The maximum Gasteiger partial charge on any atom is 0.257 e. The maximum absolute atomic E-state index is 12.9. The quantitative estimate of drug-likeness (QED) is 0.921. The molecule has 0 atom stereocenters. The fourth-order valence-corrected chi connectivity index (χ4v) is 1.99. The number of rotatable bonds is 4. The van der Waals surface area contributed by atoms with E-state index in [-0.39, 0.29) is 5.56 Å². The molecular weight excluding hydrogens is 257 g/mol. The van der Waals surface area contributed by atoms with Crippen LogP contribution in [0.2, 0.25) is 0 Å². The summed E-state index contributed by atoms with van der Waals surface area (Å²) in [5.74, 6) is -0.880. The highest BCUT2D eigenvalue weighted by molar-refractivity contribution is 7.15. The van der Waals surface area contributed by atoms with Gasteiger partial charge in [-0.1, -0.05) is 17.4 Å². The molecule has 0 bridgehead atoms. The molecule has 1 amide bonds. The van der Waals surface area contributed by atoms with Gasteiger partial charge in [0.15, 0.2) is 0 Å². The molecule has 7 heteroatoms. The summed E-state index contributed by atoms with van der Waals surface area (Å²) in [5, 5.41) is 11.2. The molecule has 0 saturated carbocycles. The van der Waals surface area contributed by atoms with Gasteiger partial charge in [-0.15, -0.1) is 10.2 Å². The summed E-state index contributed by atoms with van der Waals surface area (Å²) in [7, 11) is 1.55. The molecule has 0 aliphatic heterocycles. The highest BCUT2D eigenvalue weighted by atomic mass is 32.1. The molecule has 94 valence electrons. The second kappa shape index (κ2) is 5.65. The molecule has 0 saturated heterocycles. The predicted molar refractivity (Wildman–Crippen MR) is 65.0 cm³/mol. The lowest BCUT2D eigenvalue weighted by molar-refractivity contribution is 0.102. The number of amides is 1. The summed E-state index contributed by atoms with van der Waals surface area (Å²) in [4.78, 5) is 11.8. The van der Waals surface area contributed by atoms with Gasteiger partial charge in [-0.3, -0.25) is 10.1 Å². The summed E-state index contributed by atoms with van der Waals surface area (Å²) in [5.41, 5.74) is 0.235. The van der Waals surface area contributed by atoms with Crippen molar-refractivity contribution in [2.24, 2.45) is 0 Å². The van der Waals surface area contributed by atoms with E-state index in [2.05, 4.69) is 15.5 Å². The number of ether oxygens (including phenoxy) is 1. The van der Waals surface area contributed by atoms with Crippen molar-refractivity contribution in [1.82, 2.24) is 10.2 Å². The van der Waals surface area contributed by atoms with Crippen LogP contribution in [0.5, 0.6) is 0 Å². The number of hydrogen-bond donors (Lipinski definition) is 1. The van der Waals surface area contributed by atoms with Crippen molar-refractivity contribution in [3.63, 3.8) is 0 Å². The van der Waals surface area contributed by atoms with Crippen LogP contribution in [0.25, 0.3) is 0 Å². The molecule has 2 aromatic rings. The zero-order valence-electron chi connectivity index (χ0n) is 9.51. The van der Waals surface area contributed by atoms with Crippen LogP contribution in [-0.4, -0.2) is 23.2 Å². The lowest BCUT2D eigenvalue weighted by Gasteiger charge is -2.00. The number of carbonyl (C=O) groups is 1. The first-order chi connectivity index (χ1) is 8.69. The smallest absolute Gasteiger partial charge is 0.257 e. The maximum atomic E-state index is 12.9. The van der Waals surface area contributed by atoms with Crippen LogP contribution in [-0.2, 0) is 11.3 Å². The van der Waals surface area contributed by atoms with Gasteiger partial charge in [-0.25, -0.2) is 4.39 Å². The van der Waals surface area contributed by atoms with Gasteiger partial charge in [0.1, 0.15) is 17.4 Å². The van der Waals surface area contributed by atoms with Gasteiger partial charge < -0.3 is 4.74 Å². The summed E-state index contributed by atoms with van der Waals surface area (Å²) in [6.45, 7) is 0.341. The van der Waals surface area contributed by atoms with Crippen LogP contribution in [0.15, 0.2) is 24.3 Å². The van der Waals surface area contributed by atoms with E-state index >= 15 is 0 Å². The zero-order chi connectivity index (χ0) is 13.0. The van der Waals surface area contributed by atoms with Gasteiger partial charge in [0, 0.05) is 12.7 Å². The van der Waals surface area contributed by atoms with Crippen molar-refractivity contribution in [3.05, 3.63) is 40.7 Å². The van der Waals surface area contributed by atoms with Crippen molar-refractivity contribution in [2.75, 3.05) is 12.4 Å². The van der Waals surface area contributed by atoms with Gasteiger partial charge in [0.05, 0.1) is 0 Å². The molecule has 1 aromatic carbocycles. The van der Waals surface area contributed by atoms with Crippen molar-refractivity contribution in [1.29, 1.82) is 0 Å². The molecule has 1 heterocycles. The van der Waals surface area contributed by atoms with Gasteiger partial charge in [-0.05, 0) is 18.2 Å². The molecule has 0 spiro atoms. The lowest BCUT2D eigenvalue weighted by Crippen LogP contribution is -2.11. The van der Waals surface area contributed by atoms with Crippen LogP contribution in [0.3, 0.4) is 0 Å². The number of methoxy groups -OCH3 is 1. The zero-order valence-corrected chi connectivity index (χ0v) is 10.3. The summed E-state index contributed by atoms with van der Waals surface area (Å²) in [6, 6.07) is 5.43. The Morgan fingerprint density at radius 2 is 2.33 bits per heavy atom. The number of nitrogens with zero attached hydrogens (tertiary/aromatic N) is 2. The van der Waals surface area contributed by atoms with Crippen molar-refractivity contribution < 1.29 is 13.9 Å². The Balaban J connectivity index is 2.06. The van der Waals surface area contributed by atoms with Gasteiger partial charge in [0.2, 0.25) is 5.13 Å². The van der Waals surface area contributed by atoms with E-state index < -0.39 is 11.7 Å². The average molecular weight is 267 g/mol. The first kappa shape index (κ1) is 12.6. The molecule has 0 fully saturated rings. The Morgan fingerprint density at radius 1 is 1.50 bits per heavy atom. The molecule has 0 aliphatic rings. The SMILES string of the molecule is COCc1nnc(NC(=O)c2cccc(F)c2)s1. The molecule has 1 aromatic heterocycles. The van der Waals surface area contributed by atoms with Crippen molar-refractivity contribution in [3.8, 4) is 0 Å². The fourth-order valence-electron chi connectivity index (χ4n) is 1.28. The minimum atomic E-state index is -0.458. The van der Waals surface area contributed by atoms with E-state index in [0.717, 1.165) is 6.07 Å². The van der Waals surface area contributed by atoms with Gasteiger partial charge >= 0.3 is 0 Å². The normalized spacial score (nSPS) is 10.3. The molecular formula is C11H10FN3O2S. The molecule has 1 N–H and O–H groups in total. The Morgan fingerprint density at radius 3 is 3.06 bits per heavy atom. The second-order valence-corrected chi connectivity index (χ2v) is 4.46. The van der Waals surface area contributed by atoms with Crippen LogP contribution in [0, 0.1) is 5.82 Å². The highest BCUT2D eigenvalue weighted by Crippen LogP contribution is 2.16. The number of nitrogens with one attached hydrogen (secondary N) is 1. The predicted octanol–water partition coefficient (Wildman–Crippen LogP) is 2.08. The Bertz CT molecular complexity index is 559. The van der Waals surface area contributed by atoms with Crippen LogP contribution < -0.4 is 5.32 Å². The number of halogens is 1. The number of anilines is 1. The summed E-state index contributed by atoms with van der Waals surface area (Å²) < 4.78 is 17.8. The third-order valence-corrected chi connectivity index (χ3v) is 2.85. The summed E-state index contributed by atoms with van der Waals surface area (Å²) in [6.07, 6.45) is 0. The Hall–Kier alpha value is -1.86. The largest absolute Gasteiger partial charge is 0.377 e. The Kier molecular flexibility index (Phi) is 3.96. The highest BCUT2D eigenvalue weighted by Gasteiger charge is 2.10. The van der Waals surface area contributed by atoms with E-state index in [1.165, 1.54) is 29.5 Å². The first-order valence-corrected chi connectivity index (χ1v) is 5.89. The van der Waals surface area contributed by atoms with E-state index in [4.69, 9.17) is 4.74 Å². The van der Waals surface area contributed by atoms with Gasteiger partial charge in [-0.2, -0.15) is 0 Å². The molecule has 18 heavy (non-hydrogen) atoms. The summed E-state index contributed by atoms with van der Waals surface area (Å²) >= 11 is 1.21. The van der Waals surface area contributed by atoms with Crippen LogP contribution in [0.1, 0.15) is 15.4 Å². The van der Waals surface area contributed by atoms with E-state index in [0.29, 0.717) is 16.7 Å². The average Bonchev–Trinajstić information content (AvgIpc) is 2.77. The number of benzene rings is 1. The first-order valence-electron chi connectivity index (χ1n) is 5.07. The molecule has 0 aliphatic carbocycles.